The van der Waals surface area contributed by atoms with E-state index in [0.29, 0.717) is 0 Å². The Balaban J connectivity index is 2.16. The Labute approximate surface area is 119 Å². The number of hydrogen-bond donors (Lipinski definition) is 2. The number of hydrogen-bond acceptors (Lipinski definition) is 3. The van der Waals surface area contributed by atoms with Gasteiger partial charge in [0.15, 0.2) is 0 Å². The molecule has 0 heterocycles. The Morgan fingerprint density at radius 2 is 1.95 bits per heavy atom. The number of nitrogens with zero attached hydrogens (tertiary/aromatic N) is 1. The van der Waals surface area contributed by atoms with E-state index in [1.54, 1.807) is 7.11 Å². The number of nitrogens with one attached hydrogen (secondary N) is 1. The molecule has 2 rings (SSSR count). The third kappa shape index (κ3) is 3.29. The van der Waals surface area contributed by atoms with Gasteiger partial charge in [-0.05, 0) is 29.8 Å². The fourth-order valence-corrected chi connectivity index (χ4v) is 2.05. The van der Waals surface area contributed by atoms with Crippen molar-refractivity contribution in [2.24, 2.45) is 5.73 Å². The van der Waals surface area contributed by atoms with Gasteiger partial charge in [-0.15, -0.1) is 0 Å². The van der Waals surface area contributed by atoms with Crippen LogP contribution in [0.4, 0.5) is 5.69 Å². The summed E-state index contributed by atoms with van der Waals surface area (Å²) in [5.41, 5.74) is 8.45. The maximum absolute atomic E-state index is 7.49. The van der Waals surface area contributed by atoms with E-state index < -0.39 is 0 Å². The van der Waals surface area contributed by atoms with Gasteiger partial charge in [-0.25, -0.2) is 0 Å². The van der Waals surface area contributed by atoms with Crippen molar-refractivity contribution < 1.29 is 4.74 Å². The summed E-state index contributed by atoms with van der Waals surface area (Å²) in [6.07, 6.45) is 0. The highest BCUT2D eigenvalue weighted by molar-refractivity contribution is 5.95. The summed E-state index contributed by atoms with van der Waals surface area (Å²) in [7, 11) is 3.68. The molecule has 3 N–H and O–H groups in total. The first-order valence-electron chi connectivity index (χ1n) is 6.38. The number of benzene rings is 2. The monoisotopic (exact) mass is 269 g/mol. The highest BCUT2D eigenvalue weighted by Gasteiger charge is 2.05. The van der Waals surface area contributed by atoms with Crippen molar-refractivity contribution in [1.82, 2.24) is 0 Å². The lowest BCUT2D eigenvalue weighted by atomic mass is 10.1. The molecular weight excluding hydrogens is 250 g/mol. The minimum Gasteiger partial charge on any atom is -0.497 e. The van der Waals surface area contributed by atoms with E-state index in [1.165, 1.54) is 5.56 Å². The van der Waals surface area contributed by atoms with E-state index in [4.69, 9.17) is 15.9 Å². The molecule has 2 aromatic rings. The van der Waals surface area contributed by atoms with Crippen LogP contribution in [0.25, 0.3) is 0 Å². The molecule has 20 heavy (non-hydrogen) atoms. The van der Waals surface area contributed by atoms with Crippen LogP contribution in [0.3, 0.4) is 0 Å². The van der Waals surface area contributed by atoms with Gasteiger partial charge in [-0.1, -0.05) is 24.3 Å². The second-order valence-corrected chi connectivity index (χ2v) is 4.67. The van der Waals surface area contributed by atoms with Crippen molar-refractivity contribution in [1.29, 1.82) is 5.41 Å². The lowest BCUT2D eigenvalue weighted by Gasteiger charge is -2.20. The van der Waals surface area contributed by atoms with Crippen molar-refractivity contribution in [2.45, 2.75) is 6.54 Å². The van der Waals surface area contributed by atoms with Crippen molar-refractivity contribution in [3.05, 3.63) is 59.7 Å². The molecule has 0 aliphatic heterocycles. The average Bonchev–Trinajstić information content (AvgIpc) is 2.47. The lowest BCUT2D eigenvalue weighted by molar-refractivity contribution is 0.414. The molecule has 0 saturated carbocycles. The zero-order valence-corrected chi connectivity index (χ0v) is 11.8. The molecule has 0 unspecified atom stereocenters. The predicted molar refractivity (Wildman–Crippen MR) is 82.6 cm³/mol. The summed E-state index contributed by atoms with van der Waals surface area (Å²) in [6.45, 7) is 0.762. The first-order chi connectivity index (χ1) is 9.60. The molecule has 0 saturated heterocycles. The average molecular weight is 269 g/mol. The smallest absolute Gasteiger partial charge is 0.122 e. The van der Waals surface area contributed by atoms with Crippen molar-refractivity contribution in [2.75, 3.05) is 19.1 Å². The standard InChI is InChI=1S/C16H19N3O/c1-19(11-12-5-3-8-15(9-12)20-2)14-7-4-6-13(10-14)16(17)18/h3-10H,11H2,1-2H3,(H3,17,18). The zero-order chi connectivity index (χ0) is 14.5. The van der Waals surface area contributed by atoms with Gasteiger partial charge < -0.3 is 15.4 Å². The van der Waals surface area contributed by atoms with Crippen LogP contribution in [0.5, 0.6) is 5.75 Å². The van der Waals surface area contributed by atoms with Crippen LogP contribution in [0.1, 0.15) is 11.1 Å². The molecule has 0 aliphatic carbocycles. The Kier molecular flexibility index (Phi) is 4.25. The summed E-state index contributed by atoms with van der Waals surface area (Å²) in [5, 5.41) is 7.49. The first kappa shape index (κ1) is 13.9. The predicted octanol–water partition coefficient (Wildman–Crippen LogP) is 2.62. The van der Waals surface area contributed by atoms with Gasteiger partial charge >= 0.3 is 0 Å². The summed E-state index contributed by atoms with van der Waals surface area (Å²) in [5.74, 6) is 0.940. The van der Waals surface area contributed by atoms with E-state index in [-0.39, 0.29) is 5.84 Å². The molecule has 0 aliphatic rings. The molecule has 0 aromatic heterocycles. The summed E-state index contributed by atoms with van der Waals surface area (Å²) >= 11 is 0. The van der Waals surface area contributed by atoms with Gasteiger partial charge in [0.05, 0.1) is 7.11 Å². The maximum Gasteiger partial charge on any atom is 0.122 e. The van der Waals surface area contributed by atoms with Crippen LogP contribution in [0, 0.1) is 5.41 Å². The number of amidine groups is 1. The molecule has 0 amide bonds. The van der Waals surface area contributed by atoms with Gasteiger partial charge in [0.25, 0.3) is 0 Å². The largest absolute Gasteiger partial charge is 0.497 e. The summed E-state index contributed by atoms with van der Waals surface area (Å²) in [4.78, 5) is 2.11. The molecule has 0 spiro atoms. The molecule has 4 heteroatoms. The topological polar surface area (TPSA) is 62.3 Å². The number of rotatable bonds is 5. The lowest BCUT2D eigenvalue weighted by Crippen LogP contribution is -2.18. The summed E-state index contributed by atoms with van der Waals surface area (Å²) < 4.78 is 5.23. The molecule has 4 nitrogen and oxygen atoms in total. The highest BCUT2D eigenvalue weighted by Crippen LogP contribution is 2.19. The van der Waals surface area contributed by atoms with Crippen LogP contribution in [0.15, 0.2) is 48.5 Å². The van der Waals surface area contributed by atoms with E-state index >= 15 is 0 Å². The number of anilines is 1. The second kappa shape index (κ2) is 6.10. The molecule has 0 atom stereocenters. The quantitative estimate of drug-likeness (QED) is 0.648. The zero-order valence-electron chi connectivity index (χ0n) is 11.8. The van der Waals surface area contributed by atoms with Gasteiger partial charge in [0, 0.05) is 24.8 Å². The second-order valence-electron chi connectivity index (χ2n) is 4.67. The van der Waals surface area contributed by atoms with Crippen LogP contribution in [-0.2, 0) is 6.54 Å². The SMILES string of the molecule is COc1cccc(CN(C)c2cccc(C(=N)N)c2)c1. The Hall–Kier alpha value is -2.49. The minimum absolute atomic E-state index is 0.0848. The third-order valence-corrected chi connectivity index (χ3v) is 3.15. The van der Waals surface area contributed by atoms with E-state index in [2.05, 4.69) is 11.0 Å². The van der Waals surface area contributed by atoms with E-state index in [9.17, 15) is 0 Å². The first-order valence-corrected chi connectivity index (χ1v) is 6.38. The van der Waals surface area contributed by atoms with E-state index in [1.807, 2.05) is 49.5 Å². The van der Waals surface area contributed by atoms with Gasteiger partial charge in [-0.2, -0.15) is 0 Å². The highest BCUT2D eigenvalue weighted by atomic mass is 16.5. The molecular formula is C16H19N3O. The molecule has 0 radical (unpaired) electrons. The minimum atomic E-state index is 0.0848. The van der Waals surface area contributed by atoms with Gasteiger partial charge in [0.2, 0.25) is 0 Å². The van der Waals surface area contributed by atoms with Crippen molar-refractivity contribution in [3.63, 3.8) is 0 Å². The van der Waals surface area contributed by atoms with Crippen LogP contribution >= 0.6 is 0 Å². The molecule has 104 valence electrons. The third-order valence-electron chi connectivity index (χ3n) is 3.15. The molecule has 0 fully saturated rings. The number of nitrogen functional groups attached to an aromatic ring is 1. The Bertz CT molecular complexity index is 610. The molecule has 2 aromatic carbocycles. The van der Waals surface area contributed by atoms with Crippen LogP contribution in [-0.4, -0.2) is 20.0 Å². The normalized spacial score (nSPS) is 10.1. The molecule has 0 bridgehead atoms. The van der Waals surface area contributed by atoms with Gasteiger partial charge in [0.1, 0.15) is 11.6 Å². The van der Waals surface area contributed by atoms with Gasteiger partial charge in [-0.3, -0.25) is 5.41 Å². The fraction of sp³-hybridized carbons (Fsp3) is 0.188. The Morgan fingerprint density at radius 3 is 2.65 bits per heavy atom. The number of methoxy groups -OCH3 is 1. The fourth-order valence-electron chi connectivity index (χ4n) is 2.05. The van der Waals surface area contributed by atoms with Crippen LogP contribution < -0.4 is 15.4 Å². The van der Waals surface area contributed by atoms with Crippen molar-refractivity contribution >= 4 is 11.5 Å². The summed E-state index contributed by atoms with van der Waals surface area (Å²) in [6, 6.07) is 15.7. The van der Waals surface area contributed by atoms with E-state index in [0.717, 1.165) is 23.5 Å². The maximum atomic E-state index is 7.49. The van der Waals surface area contributed by atoms with Crippen molar-refractivity contribution in [3.8, 4) is 5.75 Å². The number of ether oxygens (including phenoxy) is 1. The number of nitrogens with two attached hydrogens (primary N) is 1. The van der Waals surface area contributed by atoms with Crippen LogP contribution in [0.2, 0.25) is 0 Å². The Morgan fingerprint density at radius 1 is 1.20 bits per heavy atom.